The van der Waals surface area contributed by atoms with E-state index in [4.69, 9.17) is 4.42 Å². The number of para-hydroxylation sites is 2. The van der Waals surface area contributed by atoms with Crippen LogP contribution in [-0.2, 0) is 0 Å². The Bertz CT molecular complexity index is 4000. The van der Waals surface area contributed by atoms with Gasteiger partial charge in [-0.25, -0.2) is 0 Å². The zero-order chi connectivity index (χ0) is 45.0. The molecule has 1 heterocycles. The summed E-state index contributed by atoms with van der Waals surface area (Å²) in [6.07, 6.45) is 0. The lowest BCUT2D eigenvalue weighted by molar-refractivity contribution is 0.670. The standard InChI is InChI=1S/C66H43NO/c1-4-18-44(19-5-1)52-40-41-62(57-28-12-10-26-54(52)57)67(50-37-34-45(35-38-50)53-31-17-32-60-58-29-14-15-33-63(58)68-66(53)60)51-25-16-24-48(42-51)49-36-39-56-55-27-11-13-30-59(55)64(46-20-6-2-7-21-46)65(61(56)43-49)47-22-8-3-9-23-47/h1-43H. The Morgan fingerprint density at radius 1 is 0.250 bits per heavy atom. The number of nitrogens with zero attached hydrogens (tertiary/aromatic N) is 1. The number of rotatable bonds is 8. The second kappa shape index (κ2) is 16.5. The molecule has 0 bridgehead atoms. The first-order valence-corrected chi connectivity index (χ1v) is 23.3. The SMILES string of the molecule is c1ccc(-c2ccc(N(c3ccc(-c4cccc5c4oc4ccccc45)cc3)c3cccc(-c4ccc5c(c4)c(-c4ccccc4)c(-c4ccccc4)c4ccccc45)c3)c3ccccc23)cc1. The molecule has 0 spiro atoms. The summed E-state index contributed by atoms with van der Waals surface area (Å²) in [4.78, 5) is 2.42. The van der Waals surface area contributed by atoms with Crippen molar-refractivity contribution in [3.05, 3.63) is 261 Å². The summed E-state index contributed by atoms with van der Waals surface area (Å²) in [7, 11) is 0. The van der Waals surface area contributed by atoms with Gasteiger partial charge in [-0.2, -0.15) is 0 Å². The monoisotopic (exact) mass is 865 g/mol. The summed E-state index contributed by atoms with van der Waals surface area (Å²) in [5, 5.41) is 9.60. The summed E-state index contributed by atoms with van der Waals surface area (Å²) in [5.74, 6) is 0. The van der Waals surface area contributed by atoms with Crippen molar-refractivity contribution < 1.29 is 4.42 Å². The highest BCUT2D eigenvalue weighted by molar-refractivity contribution is 6.22. The van der Waals surface area contributed by atoms with Crippen LogP contribution in [0.1, 0.15) is 0 Å². The molecule has 0 radical (unpaired) electrons. The highest BCUT2D eigenvalue weighted by atomic mass is 16.3. The summed E-state index contributed by atoms with van der Waals surface area (Å²) >= 11 is 0. The molecule has 2 heteroatoms. The molecule has 13 rings (SSSR count). The first-order valence-electron chi connectivity index (χ1n) is 23.3. The number of hydrogen-bond donors (Lipinski definition) is 0. The van der Waals surface area contributed by atoms with E-state index in [1.54, 1.807) is 0 Å². The fourth-order valence-corrected chi connectivity index (χ4v) is 10.5. The average Bonchev–Trinajstić information content (AvgIpc) is 3.81. The minimum absolute atomic E-state index is 0.899. The Morgan fingerprint density at radius 3 is 1.50 bits per heavy atom. The molecule has 68 heavy (non-hydrogen) atoms. The Hall–Kier alpha value is -8.98. The van der Waals surface area contributed by atoms with Crippen molar-refractivity contribution in [1.82, 2.24) is 0 Å². The fraction of sp³-hybridized carbons (Fsp3) is 0. The van der Waals surface area contributed by atoms with Gasteiger partial charge in [0.1, 0.15) is 11.2 Å². The van der Waals surface area contributed by atoms with Gasteiger partial charge in [0.05, 0.1) is 5.69 Å². The van der Waals surface area contributed by atoms with Gasteiger partial charge in [0.15, 0.2) is 0 Å². The first-order chi connectivity index (χ1) is 33.7. The van der Waals surface area contributed by atoms with Crippen LogP contribution in [0.5, 0.6) is 0 Å². The lowest BCUT2D eigenvalue weighted by Crippen LogP contribution is -2.10. The minimum atomic E-state index is 0.899. The second-order valence-electron chi connectivity index (χ2n) is 17.5. The van der Waals surface area contributed by atoms with Crippen molar-refractivity contribution in [3.8, 4) is 55.6 Å². The van der Waals surface area contributed by atoms with Crippen LogP contribution >= 0.6 is 0 Å². The molecule has 0 unspecified atom stereocenters. The summed E-state index contributed by atoms with van der Waals surface area (Å²) in [5.41, 5.74) is 16.8. The maximum Gasteiger partial charge on any atom is 0.143 e. The maximum absolute atomic E-state index is 6.50. The molecule has 0 aliphatic rings. The number of furan rings is 1. The Labute approximate surface area is 395 Å². The quantitative estimate of drug-likeness (QED) is 0.142. The third-order valence-electron chi connectivity index (χ3n) is 13.7. The normalized spacial score (nSPS) is 11.5. The highest BCUT2D eigenvalue weighted by Gasteiger charge is 2.21. The second-order valence-corrected chi connectivity index (χ2v) is 17.5. The van der Waals surface area contributed by atoms with Crippen molar-refractivity contribution in [2.24, 2.45) is 0 Å². The molecule has 1 aromatic heterocycles. The van der Waals surface area contributed by atoms with Crippen molar-refractivity contribution in [2.45, 2.75) is 0 Å². The minimum Gasteiger partial charge on any atom is -0.455 e. The van der Waals surface area contributed by atoms with E-state index in [1.807, 2.05) is 12.1 Å². The average molecular weight is 866 g/mol. The molecule has 0 fully saturated rings. The van der Waals surface area contributed by atoms with Gasteiger partial charge < -0.3 is 9.32 Å². The Morgan fingerprint density at radius 2 is 0.765 bits per heavy atom. The van der Waals surface area contributed by atoms with Crippen LogP contribution in [-0.4, -0.2) is 0 Å². The lowest BCUT2D eigenvalue weighted by Gasteiger charge is -2.28. The zero-order valence-corrected chi connectivity index (χ0v) is 37.2. The van der Waals surface area contributed by atoms with Crippen LogP contribution in [0.2, 0.25) is 0 Å². The molecule has 0 aliphatic heterocycles. The largest absolute Gasteiger partial charge is 0.455 e. The van der Waals surface area contributed by atoms with E-state index in [-0.39, 0.29) is 0 Å². The van der Waals surface area contributed by atoms with Gasteiger partial charge in [0.2, 0.25) is 0 Å². The fourth-order valence-electron chi connectivity index (χ4n) is 10.5. The molecule has 0 aliphatic carbocycles. The van der Waals surface area contributed by atoms with Gasteiger partial charge in [-0.15, -0.1) is 0 Å². The molecule has 318 valence electrons. The molecular formula is C66H43NO. The van der Waals surface area contributed by atoms with Crippen molar-refractivity contribution in [1.29, 1.82) is 0 Å². The first kappa shape index (κ1) is 39.4. The summed E-state index contributed by atoms with van der Waals surface area (Å²) < 4.78 is 6.50. The van der Waals surface area contributed by atoms with Crippen LogP contribution in [0.4, 0.5) is 17.1 Å². The van der Waals surface area contributed by atoms with Crippen LogP contribution < -0.4 is 4.90 Å². The third kappa shape index (κ3) is 6.65. The van der Waals surface area contributed by atoms with E-state index in [2.05, 4.69) is 254 Å². The van der Waals surface area contributed by atoms with Gasteiger partial charge in [-0.1, -0.05) is 218 Å². The number of anilines is 3. The van der Waals surface area contributed by atoms with Crippen LogP contribution in [0, 0.1) is 0 Å². The molecule has 12 aromatic carbocycles. The Balaban J connectivity index is 1.00. The van der Waals surface area contributed by atoms with E-state index in [1.165, 1.54) is 65.7 Å². The van der Waals surface area contributed by atoms with Gasteiger partial charge >= 0.3 is 0 Å². The zero-order valence-electron chi connectivity index (χ0n) is 37.2. The van der Waals surface area contributed by atoms with Gasteiger partial charge in [0, 0.05) is 33.1 Å². The highest BCUT2D eigenvalue weighted by Crippen LogP contribution is 2.47. The third-order valence-corrected chi connectivity index (χ3v) is 13.7. The number of benzene rings is 12. The number of fused-ring (bicyclic) bond motifs is 7. The van der Waals surface area contributed by atoms with Crippen LogP contribution in [0.25, 0.3) is 110 Å². The smallest absolute Gasteiger partial charge is 0.143 e. The molecule has 0 amide bonds. The van der Waals surface area contributed by atoms with Gasteiger partial charge in [0.25, 0.3) is 0 Å². The van der Waals surface area contributed by atoms with E-state index in [0.717, 1.165) is 61.3 Å². The molecule has 0 N–H and O–H groups in total. The van der Waals surface area contributed by atoms with Gasteiger partial charge in [-0.3, -0.25) is 0 Å². The predicted molar refractivity (Wildman–Crippen MR) is 288 cm³/mol. The number of hydrogen-bond acceptors (Lipinski definition) is 2. The van der Waals surface area contributed by atoms with Crippen molar-refractivity contribution in [3.63, 3.8) is 0 Å². The van der Waals surface area contributed by atoms with Crippen molar-refractivity contribution in [2.75, 3.05) is 4.90 Å². The molecule has 0 atom stereocenters. The predicted octanol–water partition coefficient (Wildman–Crippen LogP) is 18.9. The van der Waals surface area contributed by atoms with Crippen LogP contribution in [0.15, 0.2) is 265 Å². The maximum atomic E-state index is 6.50. The van der Waals surface area contributed by atoms with E-state index < -0.39 is 0 Å². The summed E-state index contributed by atoms with van der Waals surface area (Å²) in [6.45, 7) is 0. The molecule has 0 saturated heterocycles. The van der Waals surface area contributed by atoms with Crippen molar-refractivity contribution >= 4 is 71.3 Å². The van der Waals surface area contributed by atoms with E-state index in [9.17, 15) is 0 Å². The summed E-state index contributed by atoms with van der Waals surface area (Å²) in [6, 6.07) is 94.5. The van der Waals surface area contributed by atoms with E-state index >= 15 is 0 Å². The molecule has 2 nitrogen and oxygen atoms in total. The molecule has 0 saturated carbocycles. The Kier molecular flexibility index (Phi) is 9.54. The molecule has 13 aromatic rings. The van der Waals surface area contributed by atoms with E-state index in [0.29, 0.717) is 0 Å². The topological polar surface area (TPSA) is 16.4 Å². The van der Waals surface area contributed by atoms with Gasteiger partial charge in [-0.05, 0) is 119 Å². The molecular weight excluding hydrogens is 823 g/mol. The van der Waals surface area contributed by atoms with Crippen LogP contribution in [0.3, 0.4) is 0 Å². The lowest BCUT2D eigenvalue weighted by atomic mass is 9.84.